The third-order valence-corrected chi connectivity index (χ3v) is 5.60. The van der Waals surface area contributed by atoms with Crippen molar-refractivity contribution in [2.24, 2.45) is 0 Å². The van der Waals surface area contributed by atoms with Crippen molar-refractivity contribution in [3.05, 3.63) is 66.7 Å². The molecule has 7 heteroatoms. The third kappa shape index (κ3) is 4.43. The number of nitrogens with zero attached hydrogens (tertiary/aromatic N) is 1. The van der Waals surface area contributed by atoms with Crippen molar-refractivity contribution in [2.45, 2.75) is 13.0 Å². The molecule has 0 aliphatic rings. The first-order valence-electron chi connectivity index (χ1n) is 8.75. The number of sulfonamides is 1. The highest BCUT2D eigenvalue weighted by molar-refractivity contribution is 7.92. The number of carbonyl (C=O) groups excluding carboxylic acids is 1. The van der Waals surface area contributed by atoms with Gasteiger partial charge >= 0.3 is 0 Å². The molecule has 0 bridgehead atoms. The normalized spacial score (nSPS) is 12.4. The second kappa shape index (κ2) is 7.90. The first kappa shape index (κ1) is 19.7. The largest absolute Gasteiger partial charge is 0.480 e. The molecule has 1 atom stereocenters. The molecule has 0 aliphatic carbocycles. The monoisotopic (exact) mass is 398 g/mol. The number of anilines is 2. The van der Waals surface area contributed by atoms with Crippen LogP contribution in [-0.2, 0) is 14.8 Å². The van der Waals surface area contributed by atoms with E-state index in [4.69, 9.17) is 4.74 Å². The molecule has 1 unspecified atom stereocenters. The molecule has 3 aromatic rings. The van der Waals surface area contributed by atoms with Gasteiger partial charge in [0.05, 0.1) is 11.9 Å². The summed E-state index contributed by atoms with van der Waals surface area (Å²) in [5.41, 5.74) is 0.953. The van der Waals surface area contributed by atoms with Gasteiger partial charge in [-0.2, -0.15) is 0 Å². The molecule has 3 rings (SSSR count). The maximum absolute atomic E-state index is 12.6. The predicted molar refractivity (Wildman–Crippen MR) is 112 cm³/mol. The van der Waals surface area contributed by atoms with E-state index in [1.54, 1.807) is 31.2 Å². The Morgan fingerprint density at radius 1 is 1.04 bits per heavy atom. The number of fused-ring (bicyclic) bond motifs is 1. The van der Waals surface area contributed by atoms with Crippen molar-refractivity contribution in [3.63, 3.8) is 0 Å². The number of hydrogen-bond acceptors (Lipinski definition) is 4. The van der Waals surface area contributed by atoms with Crippen molar-refractivity contribution in [1.82, 2.24) is 0 Å². The Bertz CT molecular complexity index is 1110. The molecular formula is C21H22N2O4S. The number of ether oxygens (including phenoxy) is 1. The van der Waals surface area contributed by atoms with Crippen LogP contribution >= 0.6 is 0 Å². The van der Waals surface area contributed by atoms with E-state index >= 15 is 0 Å². The number of amides is 1. The Balaban J connectivity index is 1.74. The number of benzene rings is 3. The van der Waals surface area contributed by atoms with E-state index in [-0.39, 0.29) is 5.91 Å². The van der Waals surface area contributed by atoms with Gasteiger partial charge < -0.3 is 10.1 Å². The summed E-state index contributed by atoms with van der Waals surface area (Å²) in [5, 5.41) is 4.73. The lowest BCUT2D eigenvalue weighted by Crippen LogP contribution is -2.30. The van der Waals surface area contributed by atoms with Crippen LogP contribution in [0.3, 0.4) is 0 Å². The summed E-state index contributed by atoms with van der Waals surface area (Å²) < 4.78 is 30.4. The van der Waals surface area contributed by atoms with Crippen LogP contribution in [0.5, 0.6) is 5.75 Å². The van der Waals surface area contributed by atoms with Crippen LogP contribution in [0.25, 0.3) is 10.8 Å². The molecular weight excluding hydrogens is 376 g/mol. The Morgan fingerprint density at radius 2 is 1.71 bits per heavy atom. The zero-order valence-electron chi connectivity index (χ0n) is 15.9. The molecule has 0 aliphatic heterocycles. The zero-order valence-corrected chi connectivity index (χ0v) is 16.7. The van der Waals surface area contributed by atoms with Crippen LogP contribution in [0.15, 0.2) is 66.7 Å². The van der Waals surface area contributed by atoms with Crippen LogP contribution in [0.2, 0.25) is 0 Å². The quantitative estimate of drug-likeness (QED) is 0.688. The van der Waals surface area contributed by atoms with Crippen molar-refractivity contribution in [1.29, 1.82) is 0 Å². The minimum Gasteiger partial charge on any atom is -0.480 e. The SMILES string of the molecule is CC(Oc1cccc2ccccc12)C(=O)Nc1cccc(N(C)S(C)(=O)=O)c1. The molecule has 1 amide bonds. The van der Waals surface area contributed by atoms with Crippen LogP contribution in [-0.4, -0.2) is 33.7 Å². The van der Waals surface area contributed by atoms with Gasteiger partial charge in [-0.1, -0.05) is 42.5 Å². The minimum absolute atomic E-state index is 0.327. The first-order chi connectivity index (χ1) is 13.3. The number of carbonyl (C=O) groups is 1. The average Bonchev–Trinajstić information content (AvgIpc) is 2.67. The Kier molecular flexibility index (Phi) is 5.56. The lowest BCUT2D eigenvalue weighted by molar-refractivity contribution is -0.122. The standard InChI is InChI=1S/C21H22N2O4S/c1-15(27-20-13-6-9-16-8-4-5-12-19(16)20)21(24)22-17-10-7-11-18(14-17)23(2)28(3,25)26/h4-15H,1-3H3,(H,22,24). The fourth-order valence-corrected chi connectivity index (χ4v) is 3.25. The molecule has 0 aromatic heterocycles. The maximum atomic E-state index is 12.6. The van der Waals surface area contributed by atoms with Crippen molar-refractivity contribution in [2.75, 3.05) is 22.9 Å². The van der Waals surface area contributed by atoms with E-state index in [1.807, 2.05) is 42.5 Å². The highest BCUT2D eigenvalue weighted by atomic mass is 32.2. The molecule has 146 valence electrons. The Morgan fingerprint density at radius 3 is 2.46 bits per heavy atom. The van der Waals surface area contributed by atoms with E-state index in [0.29, 0.717) is 17.1 Å². The summed E-state index contributed by atoms with van der Waals surface area (Å²) >= 11 is 0. The predicted octanol–water partition coefficient (Wildman–Crippen LogP) is 3.64. The van der Waals surface area contributed by atoms with Gasteiger partial charge in [-0.25, -0.2) is 8.42 Å². The number of rotatable bonds is 6. The zero-order chi connectivity index (χ0) is 20.3. The molecule has 0 heterocycles. The van der Waals surface area contributed by atoms with Crippen LogP contribution in [0.4, 0.5) is 11.4 Å². The molecule has 1 N–H and O–H groups in total. The topological polar surface area (TPSA) is 75.7 Å². The summed E-state index contributed by atoms with van der Waals surface area (Å²) in [6, 6.07) is 20.1. The molecule has 0 radical (unpaired) electrons. The molecule has 0 saturated heterocycles. The van der Waals surface area contributed by atoms with Gasteiger partial charge in [-0.05, 0) is 36.6 Å². The lowest BCUT2D eigenvalue weighted by Gasteiger charge is -2.19. The second-order valence-corrected chi connectivity index (χ2v) is 8.52. The van der Waals surface area contributed by atoms with Gasteiger partial charge in [0.15, 0.2) is 6.10 Å². The summed E-state index contributed by atoms with van der Waals surface area (Å²) in [6.07, 6.45) is 0.389. The number of nitrogens with one attached hydrogen (secondary N) is 1. The van der Waals surface area contributed by atoms with Crippen LogP contribution < -0.4 is 14.4 Å². The van der Waals surface area contributed by atoms with Crippen molar-refractivity contribution in [3.8, 4) is 5.75 Å². The van der Waals surface area contributed by atoms with E-state index in [9.17, 15) is 13.2 Å². The van der Waals surface area contributed by atoms with Gasteiger partial charge in [0.1, 0.15) is 5.75 Å². The van der Waals surface area contributed by atoms with E-state index in [0.717, 1.165) is 21.3 Å². The van der Waals surface area contributed by atoms with Gasteiger partial charge in [-0.3, -0.25) is 9.10 Å². The molecule has 0 spiro atoms. The fourth-order valence-electron chi connectivity index (χ4n) is 2.76. The highest BCUT2D eigenvalue weighted by Crippen LogP contribution is 2.26. The summed E-state index contributed by atoms with van der Waals surface area (Å²) in [6.45, 7) is 1.67. The molecule has 0 saturated carbocycles. The second-order valence-electron chi connectivity index (χ2n) is 6.51. The molecule has 6 nitrogen and oxygen atoms in total. The Hall–Kier alpha value is -3.06. The van der Waals surface area contributed by atoms with E-state index < -0.39 is 16.1 Å². The van der Waals surface area contributed by atoms with Gasteiger partial charge in [-0.15, -0.1) is 0 Å². The summed E-state index contributed by atoms with van der Waals surface area (Å²) in [5.74, 6) is 0.304. The Labute approximate surface area is 164 Å². The van der Waals surface area contributed by atoms with Gasteiger partial charge in [0.25, 0.3) is 5.91 Å². The van der Waals surface area contributed by atoms with E-state index in [1.165, 1.54) is 7.05 Å². The van der Waals surface area contributed by atoms with Crippen LogP contribution in [0, 0.1) is 0 Å². The highest BCUT2D eigenvalue weighted by Gasteiger charge is 2.17. The minimum atomic E-state index is -3.38. The molecule has 28 heavy (non-hydrogen) atoms. The van der Waals surface area contributed by atoms with Crippen molar-refractivity contribution >= 4 is 38.1 Å². The van der Waals surface area contributed by atoms with E-state index in [2.05, 4.69) is 5.32 Å². The van der Waals surface area contributed by atoms with Gasteiger partial charge in [0, 0.05) is 18.1 Å². The van der Waals surface area contributed by atoms with Gasteiger partial charge in [0.2, 0.25) is 10.0 Å². The average molecular weight is 398 g/mol. The molecule has 3 aromatic carbocycles. The lowest BCUT2D eigenvalue weighted by atomic mass is 10.1. The summed E-state index contributed by atoms with van der Waals surface area (Å²) in [7, 11) is -1.92. The fraction of sp³-hybridized carbons (Fsp3) is 0.190. The van der Waals surface area contributed by atoms with Crippen molar-refractivity contribution < 1.29 is 17.9 Å². The summed E-state index contributed by atoms with van der Waals surface area (Å²) in [4.78, 5) is 12.6. The number of hydrogen-bond donors (Lipinski definition) is 1. The third-order valence-electron chi connectivity index (χ3n) is 4.40. The maximum Gasteiger partial charge on any atom is 0.265 e. The first-order valence-corrected chi connectivity index (χ1v) is 10.6. The molecule has 0 fully saturated rings. The van der Waals surface area contributed by atoms with Crippen LogP contribution in [0.1, 0.15) is 6.92 Å². The smallest absolute Gasteiger partial charge is 0.265 e.